The van der Waals surface area contributed by atoms with Crippen LogP contribution < -0.4 is 11.1 Å². The zero-order chi connectivity index (χ0) is 16.3. The average molecular weight is 305 g/mol. The lowest BCUT2D eigenvalue weighted by Crippen LogP contribution is -2.53. The Labute approximate surface area is 132 Å². The molecule has 122 valence electrons. The highest BCUT2D eigenvalue weighted by atomic mass is 16.3. The molecule has 0 spiro atoms. The number of likely N-dealkylation sites (tertiary alicyclic amines) is 1. The summed E-state index contributed by atoms with van der Waals surface area (Å²) in [6.45, 7) is 7.45. The normalized spacial score (nSPS) is 18.1. The number of aromatic hydroxyl groups is 1. The SMILES string of the molecule is CC(C)(C)[C@H](N)C(=O)N1CCC(Nc2ccc(O)cc2)CC1. The number of hydrogen-bond donors (Lipinski definition) is 3. The third-order valence-corrected chi connectivity index (χ3v) is 4.24. The Hall–Kier alpha value is -1.75. The highest BCUT2D eigenvalue weighted by Gasteiger charge is 2.32. The number of benzene rings is 1. The van der Waals surface area contributed by atoms with Crippen molar-refractivity contribution in [2.75, 3.05) is 18.4 Å². The van der Waals surface area contributed by atoms with Crippen molar-refractivity contribution in [2.45, 2.75) is 45.7 Å². The first-order chi connectivity index (χ1) is 10.3. The van der Waals surface area contributed by atoms with Gasteiger partial charge >= 0.3 is 0 Å². The van der Waals surface area contributed by atoms with Gasteiger partial charge in [-0.25, -0.2) is 0 Å². The molecule has 1 aliphatic heterocycles. The van der Waals surface area contributed by atoms with Crippen molar-refractivity contribution >= 4 is 11.6 Å². The molecule has 1 aliphatic rings. The molecule has 22 heavy (non-hydrogen) atoms. The summed E-state index contributed by atoms with van der Waals surface area (Å²) >= 11 is 0. The fourth-order valence-electron chi connectivity index (χ4n) is 2.60. The zero-order valence-electron chi connectivity index (χ0n) is 13.7. The number of rotatable bonds is 3. The van der Waals surface area contributed by atoms with Gasteiger partial charge in [-0.05, 0) is 42.5 Å². The number of hydrogen-bond acceptors (Lipinski definition) is 4. The molecule has 1 heterocycles. The highest BCUT2D eigenvalue weighted by molar-refractivity contribution is 5.82. The average Bonchev–Trinajstić information content (AvgIpc) is 2.48. The summed E-state index contributed by atoms with van der Waals surface area (Å²) < 4.78 is 0. The lowest BCUT2D eigenvalue weighted by atomic mass is 9.86. The van der Waals surface area contributed by atoms with Crippen LogP contribution >= 0.6 is 0 Å². The maximum atomic E-state index is 12.4. The lowest BCUT2D eigenvalue weighted by molar-refractivity contribution is -0.135. The molecule has 0 radical (unpaired) electrons. The topological polar surface area (TPSA) is 78.6 Å². The smallest absolute Gasteiger partial charge is 0.240 e. The quantitative estimate of drug-likeness (QED) is 0.748. The van der Waals surface area contributed by atoms with Crippen LogP contribution in [0.4, 0.5) is 5.69 Å². The summed E-state index contributed by atoms with van der Waals surface area (Å²) in [5, 5.41) is 12.7. The van der Waals surface area contributed by atoms with Crippen LogP contribution in [0.5, 0.6) is 5.75 Å². The van der Waals surface area contributed by atoms with Gasteiger partial charge in [0.2, 0.25) is 5.91 Å². The van der Waals surface area contributed by atoms with Gasteiger partial charge < -0.3 is 21.1 Å². The van der Waals surface area contributed by atoms with Crippen LogP contribution in [0, 0.1) is 5.41 Å². The Bertz CT molecular complexity index is 500. The molecule has 1 aromatic rings. The maximum absolute atomic E-state index is 12.4. The lowest BCUT2D eigenvalue weighted by Gasteiger charge is -2.37. The van der Waals surface area contributed by atoms with Crippen molar-refractivity contribution in [1.29, 1.82) is 0 Å². The van der Waals surface area contributed by atoms with E-state index in [4.69, 9.17) is 5.73 Å². The number of anilines is 1. The number of phenolic OH excluding ortho intramolecular Hbond substituents is 1. The van der Waals surface area contributed by atoms with Gasteiger partial charge in [-0.2, -0.15) is 0 Å². The Morgan fingerprint density at radius 2 is 1.82 bits per heavy atom. The minimum absolute atomic E-state index is 0.0515. The molecule has 4 N–H and O–H groups in total. The molecule has 1 amide bonds. The molecular weight excluding hydrogens is 278 g/mol. The van der Waals surface area contributed by atoms with Crippen LogP contribution in [0.3, 0.4) is 0 Å². The molecule has 5 heteroatoms. The Balaban J connectivity index is 1.85. The van der Waals surface area contributed by atoms with Crippen LogP contribution in [-0.4, -0.2) is 41.1 Å². The molecule has 0 unspecified atom stereocenters. The molecule has 0 aromatic heterocycles. The van der Waals surface area contributed by atoms with Crippen molar-refractivity contribution in [3.63, 3.8) is 0 Å². The van der Waals surface area contributed by atoms with E-state index in [0.717, 1.165) is 31.6 Å². The number of nitrogens with zero attached hydrogens (tertiary/aromatic N) is 1. The Morgan fingerprint density at radius 1 is 1.27 bits per heavy atom. The fourth-order valence-corrected chi connectivity index (χ4v) is 2.60. The first kappa shape index (κ1) is 16.6. The van der Waals surface area contributed by atoms with E-state index < -0.39 is 6.04 Å². The van der Waals surface area contributed by atoms with Crippen molar-refractivity contribution in [2.24, 2.45) is 11.1 Å². The van der Waals surface area contributed by atoms with Gasteiger partial charge in [-0.15, -0.1) is 0 Å². The monoisotopic (exact) mass is 305 g/mol. The first-order valence-corrected chi connectivity index (χ1v) is 7.87. The van der Waals surface area contributed by atoms with Crippen LogP contribution in [0.15, 0.2) is 24.3 Å². The number of nitrogens with one attached hydrogen (secondary N) is 1. The second kappa shape index (κ2) is 6.57. The van der Waals surface area contributed by atoms with Gasteiger partial charge in [0, 0.05) is 24.8 Å². The van der Waals surface area contributed by atoms with Gasteiger partial charge in [-0.1, -0.05) is 20.8 Å². The zero-order valence-corrected chi connectivity index (χ0v) is 13.7. The summed E-state index contributed by atoms with van der Waals surface area (Å²) in [5.41, 5.74) is 6.85. The van der Waals surface area contributed by atoms with Crippen molar-refractivity contribution in [1.82, 2.24) is 4.90 Å². The van der Waals surface area contributed by atoms with Crippen molar-refractivity contribution in [3.05, 3.63) is 24.3 Å². The second-order valence-electron chi connectivity index (χ2n) is 7.13. The van der Waals surface area contributed by atoms with Crippen molar-refractivity contribution < 1.29 is 9.90 Å². The van der Waals surface area contributed by atoms with Gasteiger partial charge in [0.05, 0.1) is 6.04 Å². The van der Waals surface area contributed by atoms with E-state index in [9.17, 15) is 9.90 Å². The van der Waals surface area contributed by atoms with E-state index in [2.05, 4.69) is 5.32 Å². The second-order valence-corrected chi connectivity index (χ2v) is 7.13. The van der Waals surface area contributed by atoms with Gasteiger partial charge in [-0.3, -0.25) is 4.79 Å². The Kier molecular flexibility index (Phi) is 4.96. The van der Waals surface area contributed by atoms with Gasteiger partial charge in [0.15, 0.2) is 0 Å². The molecule has 0 saturated carbocycles. The third-order valence-electron chi connectivity index (χ3n) is 4.24. The van der Waals surface area contributed by atoms with Crippen LogP contribution in [0.2, 0.25) is 0 Å². The standard InChI is InChI=1S/C17H27N3O2/c1-17(2,3)15(18)16(22)20-10-8-13(9-11-20)19-12-4-6-14(21)7-5-12/h4-7,13,15,19,21H,8-11,18H2,1-3H3/t15-/m1/s1. The van der Waals surface area contributed by atoms with E-state index in [-0.39, 0.29) is 17.1 Å². The number of carbonyl (C=O) groups excluding carboxylic acids is 1. The Morgan fingerprint density at radius 3 is 2.32 bits per heavy atom. The van der Waals surface area contributed by atoms with Crippen molar-refractivity contribution in [3.8, 4) is 5.75 Å². The maximum Gasteiger partial charge on any atom is 0.240 e. The summed E-state index contributed by atoms with van der Waals surface area (Å²) in [5.74, 6) is 0.317. The van der Waals surface area contributed by atoms with Crippen LogP contribution in [0.25, 0.3) is 0 Å². The van der Waals surface area contributed by atoms with Crippen LogP contribution in [0.1, 0.15) is 33.6 Å². The van der Waals surface area contributed by atoms with Gasteiger partial charge in [0.25, 0.3) is 0 Å². The molecule has 0 bridgehead atoms. The van der Waals surface area contributed by atoms with Crippen LogP contribution in [-0.2, 0) is 4.79 Å². The highest BCUT2D eigenvalue weighted by Crippen LogP contribution is 2.22. The summed E-state index contributed by atoms with van der Waals surface area (Å²) in [6.07, 6.45) is 1.81. The minimum atomic E-state index is -0.450. The van der Waals surface area contributed by atoms with E-state index in [0.29, 0.717) is 6.04 Å². The molecule has 2 rings (SSSR count). The largest absolute Gasteiger partial charge is 0.508 e. The first-order valence-electron chi connectivity index (χ1n) is 7.87. The summed E-state index contributed by atoms with van der Waals surface area (Å²) in [6, 6.07) is 6.96. The summed E-state index contributed by atoms with van der Waals surface area (Å²) in [7, 11) is 0. The minimum Gasteiger partial charge on any atom is -0.508 e. The number of phenols is 1. The molecule has 1 atom stereocenters. The number of amides is 1. The van der Waals surface area contributed by atoms with Gasteiger partial charge in [0.1, 0.15) is 5.75 Å². The predicted octanol–water partition coefficient (Wildman–Crippen LogP) is 2.17. The molecule has 1 fully saturated rings. The number of carbonyl (C=O) groups is 1. The fraction of sp³-hybridized carbons (Fsp3) is 0.588. The molecule has 0 aliphatic carbocycles. The van der Waals surface area contributed by atoms with E-state index in [1.807, 2.05) is 37.8 Å². The molecule has 1 aromatic carbocycles. The summed E-state index contributed by atoms with van der Waals surface area (Å²) in [4.78, 5) is 14.3. The third kappa shape index (κ3) is 4.13. The number of nitrogens with two attached hydrogens (primary N) is 1. The number of piperidine rings is 1. The van der Waals surface area contributed by atoms with E-state index >= 15 is 0 Å². The molecule has 1 saturated heterocycles. The van der Waals surface area contributed by atoms with E-state index in [1.54, 1.807) is 12.1 Å². The molecule has 5 nitrogen and oxygen atoms in total. The predicted molar refractivity (Wildman–Crippen MR) is 88.8 cm³/mol. The molecular formula is C17H27N3O2. The van der Waals surface area contributed by atoms with E-state index in [1.165, 1.54) is 0 Å².